The molecule has 1 aromatic rings. The van der Waals surface area contributed by atoms with E-state index in [2.05, 4.69) is 16.0 Å². The number of para-hydroxylation sites is 1. The van der Waals surface area contributed by atoms with Crippen LogP contribution >= 0.6 is 0 Å². The maximum Gasteiger partial charge on any atom is 0.315 e. The summed E-state index contributed by atoms with van der Waals surface area (Å²) < 4.78 is 5.60. The van der Waals surface area contributed by atoms with Gasteiger partial charge in [-0.1, -0.05) is 18.2 Å². The minimum absolute atomic E-state index is 0.0556. The first-order valence-corrected chi connectivity index (χ1v) is 6.28. The Balaban J connectivity index is 1.60. The van der Waals surface area contributed by atoms with Gasteiger partial charge in [0.25, 0.3) is 0 Å². The van der Waals surface area contributed by atoms with E-state index >= 15 is 0 Å². The van der Waals surface area contributed by atoms with Crippen LogP contribution in [0.3, 0.4) is 0 Å². The lowest BCUT2D eigenvalue weighted by Crippen LogP contribution is -2.50. The fourth-order valence-electron chi connectivity index (χ4n) is 2.34. The number of rotatable bonds is 2. The molecule has 2 aliphatic heterocycles. The third kappa shape index (κ3) is 2.47. The van der Waals surface area contributed by atoms with E-state index in [1.165, 1.54) is 0 Å². The quantitative estimate of drug-likeness (QED) is 0.689. The monoisotopic (exact) mass is 261 g/mol. The van der Waals surface area contributed by atoms with Crippen molar-refractivity contribution in [1.29, 1.82) is 0 Å². The molecule has 0 radical (unpaired) electrons. The average Bonchev–Trinajstić information content (AvgIpc) is 2.85. The van der Waals surface area contributed by atoms with Crippen LogP contribution in [0.25, 0.3) is 0 Å². The van der Waals surface area contributed by atoms with Gasteiger partial charge in [0, 0.05) is 6.54 Å². The van der Waals surface area contributed by atoms with Crippen LogP contribution in [-0.4, -0.2) is 37.2 Å². The lowest BCUT2D eigenvalue weighted by atomic mass is 10.0. The third-order valence-corrected chi connectivity index (χ3v) is 3.31. The number of amides is 3. The predicted molar refractivity (Wildman–Crippen MR) is 67.9 cm³/mol. The number of fused-ring (bicyclic) bond motifs is 1. The number of nitrogens with one attached hydrogen (secondary N) is 3. The molecule has 3 amide bonds. The maximum atomic E-state index is 11.9. The van der Waals surface area contributed by atoms with Crippen LogP contribution in [0, 0.1) is 0 Å². The van der Waals surface area contributed by atoms with Crippen LogP contribution in [0.4, 0.5) is 4.79 Å². The van der Waals surface area contributed by atoms with Gasteiger partial charge in [0.05, 0.1) is 6.04 Å². The van der Waals surface area contributed by atoms with Crippen molar-refractivity contribution >= 4 is 11.9 Å². The first-order valence-electron chi connectivity index (χ1n) is 6.28. The first kappa shape index (κ1) is 11.8. The Labute approximate surface area is 110 Å². The molecular formula is C13H15N3O3. The molecule has 0 spiro atoms. The molecule has 0 unspecified atom stereocenters. The summed E-state index contributed by atoms with van der Waals surface area (Å²) in [5.41, 5.74) is 1.09. The molecule has 1 saturated heterocycles. The largest absolute Gasteiger partial charge is 0.491 e. The van der Waals surface area contributed by atoms with Gasteiger partial charge < -0.3 is 20.7 Å². The summed E-state index contributed by atoms with van der Waals surface area (Å²) in [7, 11) is 0. The normalized spacial score (nSPS) is 24.7. The summed E-state index contributed by atoms with van der Waals surface area (Å²) in [5, 5.41) is 8.02. The number of hydrogen-bond donors (Lipinski definition) is 3. The fraction of sp³-hybridized carbons (Fsp3) is 0.385. The minimum Gasteiger partial charge on any atom is -0.491 e. The van der Waals surface area contributed by atoms with Crippen molar-refractivity contribution < 1.29 is 14.3 Å². The first-order chi connectivity index (χ1) is 9.22. The number of hydrogen-bond acceptors (Lipinski definition) is 3. The van der Waals surface area contributed by atoms with Gasteiger partial charge in [0.1, 0.15) is 18.4 Å². The second kappa shape index (κ2) is 4.79. The average molecular weight is 261 g/mol. The summed E-state index contributed by atoms with van der Waals surface area (Å²) in [5.74, 6) is 0.704. The lowest BCUT2D eigenvalue weighted by Gasteiger charge is -2.26. The second-order valence-corrected chi connectivity index (χ2v) is 4.74. The highest BCUT2D eigenvalue weighted by atomic mass is 16.5. The van der Waals surface area contributed by atoms with E-state index in [0.29, 0.717) is 13.2 Å². The van der Waals surface area contributed by atoms with Gasteiger partial charge in [0.2, 0.25) is 5.91 Å². The number of carbonyl (C=O) groups is 2. The second-order valence-electron chi connectivity index (χ2n) is 4.74. The zero-order chi connectivity index (χ0) is 13.2. The van der Waals surface area contributed by atoms with Gasteiger partial charge >= 0.3 is 6.03 Å². The standard InChI is InChI=1S/C13H15N3O3/c17-12(10-6-14-13(18)16-10)15-9-5-8-3-1-2-4-11(8)19-7-9/h1-4,9-10H,5-7H2,(H,15,17)(H2,14,16,18)/t9-,10-/m1/s1. The molecule has 3 N–H and O–H groups in total. The van der Waals surface area contributed by atoms with Crippen LogP contribution in [0.5, 0.6) is 5.75 Å². The van der Waals surface area contributed by atoms with Gasteiger partial charge in [-0.25, -0.2) is 4.79 Å². The van der Waals surface area contributed by atoms with Crippen molar-refractivity contribution in [2.75, 3.05) is 13.2 Å². The van der Waals surface area contributed by atoms with Crippen LogP contribution in [0.2, 0.25) is 0 Å². The topological polar surface area (TPSA) is 79.5 Å². The Kier molecular flexibility index (Phi) is 2.98. The molecule has 100 valence electrons. The zero-order valence-electron chi connectivity index (χ0n) is 10.3. The minimum atomic E-state index is -0.496. The molecule has 1 fully saturated rings. The van der Waals surface area contributed by atoms with Gasteiger partial charge in [-0.15, -0.1) is 0 Å². The number of urea groups is 1. The highest BCUT2D eigenvalue weighted by molar-refractivity contribution is 5.90. The van der Waals surface area contributed by atoms with Crippen LogP contribution in [0.1, 0.15) is 5.56 Å². The van der Waals surface area contributed by atoms with Gasteiger partial charge in [-0.05, 0) is 18.1 Å². The Bertz CT molecular complexity index is 518. The van der Waals surface area contributed by atoms with Crippen molar-refractivity contribution in [2.45, 2.75) is 18.5 Å². The lowest BCUT2D eigenvalue weighted by molar-refractivity contribution is -0.123. The van der Waals surface area contributed by atoms with Gasteiger partial charge in [-0.3, -0.25) is 4.79 Å². The molecule has 0 bridgehead atoms. The highest BCUT2D eigenvalue weighted by Gasteiger charge is 2.29. The summed E-state index contributed by atoms with van der Waals surface area (Å²) in [6.45, 7) is 0.783. The Hall–Kier alpha value is -2.24. The molecular weight excluding hydrogens is 246 g/mol. The molecule has 1 aromatic carbocycles. The van der Waals surface area contributed by atoms with E-state index in [-0.39, 0.29) is 18.0 Å². The van der Waals surface area contributed by atoms with Crippen molar-refractivity contribution in [3.8, 4) is 5.75 Å². The number of carbonyl (C=O) groups excluding carboxylic acids is 2. The molecule has 0 aromatic heterocycles. The molecule has 6 heteroatoms. The number of ether oxygens (including phenoxy) is 1. The predicted octanol–water partition coefficient (Wildman–Crippen LogP) is -0.212. The molecule has 2 heterocycles. The van der Waals surface area contributed by atoms with E-state index in [4.69, 9.17) is 4.74 Å². The molecule has 3 rings (SSSR count). The smallest absolute Gasteiger partial charge is 0.315 e. The van der Waals surface area contributed by atoms with Gasteiger partial charge in [0.15, 0.2) is 0 Å². The maximum absolute atomic E-state index is 11.9. The SMILES string of the molecule is O=C1NC[C@H](C(=O)N[C@H]2COc3ccccc3C2)N1. The van der Waals surface area contributed by atoms with Crippen LogP contribution < -0.4 is 20.7 Å². The van der Waals surface area contributed by atoms with E-state index < -0.39 is 6.04 Å². The molecule has 6 nitrogen and oxygen atoms in total. The zero-order valence-corrected chi connectivity index (χ0v) is 10.3. The van der Waals surface area contributed by atoms with Crippen molar-refractivity contribution in [1.82, 2.24) is 16.0 Å². The molecule has 0 saturated carbocycles. The van der Waals surface area contributed by atoms with Gasteiger partial charge in [-0.2, -0.15) is 0 Å². The summed E-state index contributed by atoms with van der Waals surface area (Å²) >= 11 is 0. The summed E-state index contributed by atoms with van der Waals surface area (Å²) in [6, 6.07) is 6.95. The fourth-order valence-corrected chi connectivity index (χ4v) is 2.34. The van der Waals surface area contributed by atoms with Crippen molar-refractivity contribution in [3.05, 3.63) is 29.8 Å². The third-order valence-electron chi connectivity index (χ3n) is 3.31. The van der Waals surface area contributed by atoms with E-state index in [9.17, 15) is 9.59 Å². The molecule has 19 heavy (non-hydrogen) atoms. The Morgan fingerprint density at radius 3 is 3.00 bits per heavy atom. The molecule has 0 aliphatic carbocycles. The molecule has 2 aliphatic rings. The summed E-state index contributed by atoms with van der Waals surface area (Å²) in [4.78, 5) is 22.9. The van der Waals surface area contributed by atoms with E-state index in [1.54, 1.807) is 0 Å². The Morgan fingerprint density at radius 2 is 2.21 bits per heavy atom. The number of benzene rings is 1. The van der Waals surface area contributed by atoms with Crippen LogP contribution in [-0.2, 0) is 11.2 Å². The van der Waals surface area contributed by atoms with E-state index in [1.807, 2.05) is 24.3 Å². The summed E-state index contributed by atoms with van der Waals surface area (Å²) in [6.07, 6.45) is 0.746. The Morgan fingerprint density at radius 1 is 1.37 bits per heavy atom. The van der Waals surface area contributed by atoms with Crippen molar-refractivity contribution in [2.24, 2.45) is 0 Å². The van der Waals surface area contributed by atoms with E-state index in [0.717, 1.165) is 17.7 Å². The highest BCUT2D eigenvalue weighted by Crippen LogP contribution is 2.23. The van der Waals surface area contributed by atoms with Crippen molar-refractivity contribution in [3.63, 3.8) is 0 Å². The van der Waals surface area contributed by atoms with Crippen LogP contribution in [0.15, 0.2) is 24.3 Å². The molecule has 2 atom stereocenters.